The first-order chi connectivity index (χ1) is 16.1. The van der Waals surface area contributed by atoms with Crippen LogP contribution in [0.2, 0.25) is 0 Å². The van der Waals surface area contributed by atoms with Gasteiger partial charge in [0.1, 0.15) is 5.82 Å². The van der Waals surface area contributed by atoms with Gasteiger partial charge >= 0.3 is 0 Å². The van der Waals surface area contributed by atoms with E-state index < -0.39 is 0 Å². The van der Waals surface area contributed by atoms with Crippen molar-refractivity contribution in [3.63, 3.8) is 0 Å². The Labute approximate surface area is 193 Å². The fraction of sp³-hybridized carbons (Fsp3) is 0.400. The Hall–Kier alpha value is -3.55. The van der Waals surface area contributed by atoms with Crippen LogP contribution in [0.15, 0.2) is 42.5 Å². The summed E-state index contributed by atoms with van der Waals surface area (Å²) in [6.45, 7) is 2.61. The summed E-state index contributed by atoms with van der Waals surface area (Å²) < 4.78 is 10.8. The molecule has 2 fully saturated rings. The van der Waals surface area contributed by atoms with E-state index in [4.69, 9.17) is 20.2 Å². The van der Waals surface area contributed by atoms with Crippen LogP contribution in [-0.4, -0.2) is 61.2 Å². The first kappa shape index (κ1) is 21.3. The number of benzene rings is 2. The van der Waals surface area contributed by atoms with Crippen molar-refractivity contribution in [2.75, 3.05) is 51.0 Å². The van der Waals surface area contributed by atoms with Crippen LogP contribution in [0.4, 0.5) is 11.8 Å². The highest BCUT2D eigenvalue weighted by Crippen LogP contribution is 2.43. The average molecular weight is 448 g/mol. The van der Waals surface area contributed by atoms with Gasteiger partial charge in [-0.25, -0.2) is 4.98 Å². The fourth-order valence-corrected chi connectivity index (χ4v) is 4.64. The zero-order valence-electron chi connectivity index (χ0n) is 19.0. The topological polar surface area (TPSA) is 93.8 Å². The lowest BCUT2D eigenvalue weighted by atomic mass is 9.92. The van der Waals surface area contributed by atoms with E-state index in [-0.39, 0.29) is 11.8 Å². The van der Waals surface area contributed by atoms with Gasteiger partial charge in [-0.3, -0.25) is 4.79 Å². The molecule has 1 unspecified atom stereocenters. The number of anilines is 2. The van der Waals surface area contributed by atoms with E-state index in [1.54, 1.807) is 20.3 Å². The minimum absolute atomic E-state index is 0.0345. The summed E-state index contributed by atoms with van der Waals surface area (Å²) >= 11 is 0. The van der Waals surface area contributed by atoms with Crippen molar-refractivity contribution < 1.29 is 14.3 Å². The number of ether oxygens (including phenoxy) is 2. The molecule has 0 spiro atoms. The molecule has 1 aliphatic heterocycles. The number of carbonyl (C=O) groups excluding carboxylic acids is 1. The van der Waals surface area contributed by atoms with Crippen molar-refractivity contribution >= 4 is 28.6 Å². The van der Waals surface area contributed by atoms with Gasteiger partial charge in [0.2, 0.25) is 11.9 Å². The molecule has 2 aliphatic rings. The van der Waals surface area contributed by atoms with Gasteiger partial charge in [0.25, 0.3) is 0 Å². The second-order valence-electron chi connectivity index (χ2n) is 8.67. The van der Waals surface area contributed by atoms with Gasteiger partial charge in [-0.15, -0.1) is 0 Å². The minimum Gasteiger partial charge on any atom is -0.493 e. The molecule has 33 heavy (non-hydrogen) atoms. The molecule has 1 aliphatic carbocycles. The summed E-state index contributed by atoms with van der Waals surface area (Å²) in [5.74, 6) is 2.81. The highest BCUT2D eigenvalue weighted by molar-refractivity contribution is 5.92. The van der Waals surface area contributed by atoms with E-state index in [1.807, 2.05) is 29.2 Å². The van der Waals surface area contributed by atoms with Crippen molar-refractivity contribution in [1.82, 2.24) is 14.9 Å². The maximum Gasteiger partial charge on any atom is 0.230 e. The van der Waals surface area contributed by atoms with E-state index in [0.717, 1.165) is 23.8 Å². The Morgan fingerprint density at radius 2 is 1.67 bits per heavy atom. The molecule has 0 radical (unpaired) electrons. The molecule has 172 valence electrons. The monoisotopic (exact) mass is 447 g/mol. The standard InChI is InChI=1S/C25H29N5O3/c1-32-20-14-18-19(15-21(20)33-2)27-25(28-23(18)26)30-12-10-29(11-13-30)24(31)22(17-8-9-17)16-6-4-3-5-7-16/h3-7,14-15,17,22H,8-13H2,1-2H3,(H2,26,27,28). The van der Waals surface area contributed by atoms with Crippen molar-refractivity contribution in [2.45, 2.75) is 18.8 Å². The number of nitrogens with two attached hydrogens (primary N) is 1. The normalized spacial score (nSPS) is 17.2. The number of aromatic nitrogens is 2. The van der Waals surface area contributed by atoms with E-state index in [0.29, 0.717) is 60.9 Å². The molecule has 2 heterocycles. The molecule has 8 nitrogen and oxygen atoms in total. The molecular weight excluding hydrogens is 418 g/mol. The molecule has 0 bridgehead atoms. The summed E-state index contributed by atoms with van der Waals surface area (Å²) in [7, 11) is 3.18. The van der Waals surface area contributed by atoms with Crippen LogP contribution in [0.25, 0.3) is 10.9 Å². The highest BCUT2D eigenvalue weighted by atomic mass is 16.5. The lowest BCUT2D eigenvalue weighted by molar-refractivity contribution is -0.133. The Kier molecular flexibility index (Phi) is 5.66. The van der Waals surface area contributed by atoms with Crippen LogP contribution in [0.3, 0.4) is 0 Å². The van der Waals surface area contributed by atoms with Crippen LogP contribution in [-0.2, 0) is 4.79 Å². The van der Waals surface area contributed by atoms with Crippen molar-refractivity contribution in [3.05, 3.63) is 48.0 Å². The number of carbonyl (C=O) groups is 1. The number of amides is 1. The quantitative estimate of drug-likeness (QED) is 0.621. The molecule has 1 aromatic heterocycles. The second kappa shape index (κ2) is 8.77. The van der Waals surface area contributed by atoms with Crippen LogP contribution >= 0.6 is 0 Å². The van der Waals surface area contributed by atoms with E-state index >= 15 is 0 Å². The second-order valence-corrected chi connectivity index (χ2v) is 8.67. The zero-order valence-corrected chi connectivity index (χ0v) is 19.0. The third kappa shape index (κ3) is 4.13. The van der Waals surface area contributed by atoms with Crippen molar-refractivity contribution in [3.8, 4) is 11.5 Å². The number of piperazine rings is 1. The average Bonchev–Trinajstić information content (AvgIpc) is 3.69. The van der Waals surface area contributed by atoms with E-state index in [9.17, 15) is 4.79 Å². The predicted molar refractivity (Wildman–Crippen MR) is 128 cm³/mol. The third-order valence-corrected chi connectivity index (χ3v) is 6.61. The molecular formula is C25H29N5O3. The molecule has 5 rings (SSSR count). The van der Waals surface area contributed by atoms with Gasteiger partial charge in [0.05, 0.1) is 25.7 Å². The van der Waals surface area contributed by atoms with Gasteiger partial charge in [0.15, 0.2) is 11.5 Å². The zero-order chi connectivity index (χ0) is 22.9. The Balaban J connectivity index is 1.33. The van der Waals surface area contributed by atoms with Gasteiger partial charge in [-0.05, 0) is 30.4 Å². The minimum atomic E-state index is -0.0345. The predicted octanol–water partition coefficient (Wildman–Crippen LogP) is 3.07. The SMILES string of the molecule is COc1cc2nc(N3CCN(C(=O)C(c4ccccc4)C4CC4)CC3)nc(N)c2cc1OC. The molecule has 1 amide bonds. The Morgan fingerprint density at radius 3 is 2.30 bits per heavy atom. The lowest BCUT2D eigenvalue weighted by Gasteiger charge is -2.36. The molecule has 8 heteroatoms. The Bertz CT molecular complexity index is 1160. The highest BCUT2D eigenvalue weighted by Gasteiger charge is 2.40. The number of rotatable bonds is 6. The molecule has 1 saturated carbocycles. The van der Waals surface area contributed by atoms with Gasteiger partial charge in [-0.1, -0.05) is 30.3 Å². The maximum atomic E-state index is 13.4. The number of methoxy groups -OCH3 is 2. The molecule has 1 atom stereocenters. The van der Waals surface area contributed by atoms with Gasteiger partial charge < -0.3 is 25.0 Å². The number of nitrogens with zero attached hydrogens (tertiary/aromatic N) is 4. The van der Waals surface area contributed by atoms with Gasteiger partial charge in [0, 0.05) is 37.6 Å². The summed E-state index contributed by atoms with van der Waals surface area (Å²) in [6.07, 6.45) is 2.26. The van der Waals surface area contributed by atoms with E-state index in [2.05, 4.69) is 22.0 Å². The fourth-order valence-electron chi connectivity index (χ4n) is 4.64. The Morgan fingerprint density at radius 1 is 1.00 bits per heavy atom. The summed E-state index contributed by atoms with van der Waals surface area (Å²) in [5, 5.41) is 0.723. The number of nitrogen functional groups attached to an aromatic ring is 1. The van der Waals surface area contributed by atoms with Crippen molar-refractivity contribution in [2.24, 2.45) is 5.92 Å². The third-order valence-electron chi connectivity index (χ3n) is 6.61. The van der Waals surface area contributed by atoms with Gasteiger partial charge in [-0.2, -0.15) is 4.98 Å². The largest absolute Gasteiger partial charge is 0.493 e. The van der Waals surface area contributed by atoms with E-state index in [1.165, 1.54) is 0 Å². The summed E-state index contributed by atoms with van der Waals surface area (Å²) in [6, 6.07) is 13.8. The first-order valence-corrected chi connectivity index (χ1v) is 11.4. The molecule has 2 aromatic carbocycles. The van der Waals surface area contributed by atoms with Crippen molar-refractivity contribution in [1.29, 1.82) is 0 Å². The maximum absolute atomic E-state index is 13.4. The molecule has 3 aromatic rings. The van der Waals surface area contributed by atoms with Crippen LogP contribution in [0.5, 0.6) is 11.5 Å². The molecule has 2 N–H and O–H groups in total. The summed E-state index contributed by atoms with van der Waals surface area (Å²) in [5.41, 5.74) is 8.09. The first-order valence-electron chi connectivity index (χ1n) is 11.4. The number of hydrogen-bond acceptors (Lipinski definition) is 7. The number of fused-ring (bicyclic) bond motifs is 1. The van der Waals surface area contributed by atoms with Crippen LogP contribution < -0.4 is 20.1 Å². The van der Waals surface area contributed by atoms with Crippen LogP contribution in [0, 0.1) is 5.92 Å². The lowest BCUT2D eigenvalue weighted by Crippen LogP contribution is -2.50. The number of hydrogen-bond donors (Lipinski definition) is 1. The molecule has 1 saturated heterocycles. The smallest absolute Gasteiger partial charge is 0.230 e. The summed E-state index contributed by atoms with van der Waals surface area (Å²) in [4.78, 5) is 26.8. The van der Waals surface area contributed by atoms with Crippen LogP contribution in [0.1, 0.15) is 24.3 Å².